The Balaban J connectivity index is 1.21. The Morgan fingerprint density at radius 2 is 2.03 bits per heavy atom. The Hall–Kier alpha value is -3.48. The molecule has 7 nitrogen and oxygen atoms in total. The fourth-order valence-corrected chi connectivity index (χ4v) is 4.22. The summed E-state index contributed by atoms with van der Waals surface area (Å²) in [6.45, 7) is 1.13. The molecule has 2 aliphatic heterocycles. The number of para-hydroxylation sites is 1. The lowest BCUT2D eigenvalue weighted by Crippen LogP contribution is -2.44. The summed E-state index contributed by atoms with van der Waals surface area (Å²) in [6.07, 6.45) is 3.66. The first-order chi connectivity index (χ1) is 14.7. The van der Waals surface area contributed by atoms with Crippen LogP contribution in [0, 0.1) is 0 Å². The van der Waals surface area contributed by atoms with Crippen LogP contribution in [0.1, 0.15) is 24.0 Å². The van der Waals surface area contributed by atoms with Gasteiger partial charge >= 0.3 is 0 Å². The number of benzene rings is 2. The van der Waals surface area contributed by atoms with E-state index in [9.17, 15) is 9.59 Å². The van der Waals surface area contributed by atoms with Crippen LogP contribution >= 0.6 is 0 Å². The third-order valence-electron chi connectivity index (χ3n) is 5.79. The fraction of sp³-hybridized carbons (Fsp3) is 0.304. The van der Waals surface area contributed by atoms with Crippen molar-refractivity contribution in [2.24, 2.45) is 0 Å². The van der Waals surface area contributed by atoms with Crippen molar-refractivity contribution in [2.75, 3.05) is 13.3 Å². The Bertz CT molecular complexity index is 1110. The summed E-state index contributed by atoms with van der Waals surface area (Å²) in [5.41, 5.74) is 3.19. The van der Waals surface area contributed by atoms with Crippen LogP contribution in [0.3, 0.4) is 0 Å². The number of carbonyl (C=O) groups is 2. The molecule has 2 aliphatic rings. The van der Waals surface area contributed by atoms with Crippen molar-refractivity contribution in [2.45, 2.75) is 31.8 Å². The second kappa shape index (κ2) is 7.74. The van der Waals surface area contributed by atoms with E-state index in [0.717, 1.165) is 17.5 Å². The summed E-state index contributed by atoms with van der Waals surface area (Å²) in [5.74, 6) is 1.29. The van der Waals surface area contributed by atoms with E-state index in [-0.39, 0.29) is 18.6 Å². The van der Waals surface area contributed by atoms with Gasteiger partial charge in [-0.3, -0.25) is 9.59 Å². The van der Waals surface area contributed by atoms with Gasteiger partial charge in [0.15, 0.2) is 11.5 Å². The van der Waals surface area contributed by atoms with Gasteiger partial charge in [0, 0.05) is 36.6 Å². The lowest BCUT2D eigenvalue weighted by Gasteiger charge is -2.24. The van der Waals surface area contributed by atoms with Crippen molar-refractivity contribution < 1.29 is 19.1 Å². The van der Waals surface area contributed by atoms with Crippen molar-refractivity contribution in [3.8, 4) is 11.5 Å². The molecule has 0 saturated carbocycles. The van der Waals surface area contributed by atoms with Gasteiger partial charge in [0.1, 0.15) is 6.04 Å². The number of aromatic nitrogens is 1. The first kappa shape index (κ1) is 18.5. The first-order valence-corrected chi connectivity index (χ1v) is 10.2. The summed E-state index contributed by atoms with van der Waals surface area (Å²) in [5, 5.41) is 4.19. The van der Waals surface area contributed by atoms with Crippen LogP contribution in [0.2, 0.25) is 0 Å². The maximum absolute atomic E-state index is 12.8. The lowest BCUT2D eigenvalue weighted by molar-refractivity contribution is -0.135. The van der Waals surface area contributed by atoms with Crippen LogP contribution in [-0.2, 0) is 22.6 Å². The number of amides is 2. The molecule has 1 unspecified atom stereocenters. The molecule has 0 bridgehead atoms. The number of H-pyrrole nitrogens is 1. The Morgan fingerprint density at radius 1 is 1.17 bits per heavy atom. The van der Waals surface area contributed by atoms with Gasteiger partial charge in [0.2, 0.25) is 18.6 Å². The first-order valence-electron chi connectivity index (χ1n) is 10.2. The van der Waals surface area contributed by atoms with Gasteiger partial charge in [-0.05, 0) is 42.2 Å². The van der Waals surface area contributed by atoms with E-state index in [1.807, 2.05) is 42.6 Å². The van der Waals surface area contributed by atoms with Gasteiger partial charge in [0.05, 0.1) is 0 Å². The molecule has 2 aromatic carbocycles. The molecule has 7 heteroatoms. The molecular formula is C23H23N3O4. The number of hydrogen-bond acceptors (Lipinski definition) is 4. The van der Waals surface area contributed by atoms with E-state index in [4.69, 9.17) is 9.47 Å². The predicted octanol–water partition coefficient (Wildman–Crippen LogP) is 2.75. The molecule has 2 amide bonds. The summed E-state index contributed by atoms with van der Waals surface area (Å²) in [7, 11) is 0. The Morgan fingerprint density at radius 3 is 2.97 bits per heavy atom. The zero-order chi connectivity index (χ0) is 20.5. The molecule has 1 saturated heterocycles. The lowest BCUT2D eigenvalue weighted by atomic mass is 10.1. The summed E-state index contributed by atoms with van der Waals surface area (Å²) in [6, 6.07) is 13.3. The molecule has 1 fully saturated rings. The Labute approximate surface area is 174 Å². The van der Waals surface area contributed by atoms with Crippen molar-refractivity contribution in [1.82, 2.24) is 15.2 Å². The molecule has 5 rings (SSSR count). The molecule has 0 spiro atoms. The molecular weight excluding hydrogens is 382 g/mol. The van der Waals surface area contributed by atoms with Crippen LogP contribution in [0.4, 0.5) is 0 Å². The number of fused-ring (bicyclic) bond motifs is 2. The van der Waals surface area contributed by atoms with E-state index >= 15 is 0 Å². The smallest absolute Gasteiger partial charge is 0.242 e. The van der Waals surface area contributed by atoms with E-state index in [1.54, 1.807) is 4.90 Å². The van der Waals surface area contributed by atoms with Crippen LogP contribution in [-0.4, -0.2) is 41.1 Å². The highest BCUT2D eigenvalue weighted by Gasteiger charge is 2.36. The number of nitrogens with one attached hydrogen (secondary N) is 2. The number of ether oxygens (including phenoxy) is 2. The highest BCUT2D eigenvalue weighted by molar-refractivity contribution is 5.91. The minimum atomic E-state index is -0.439. The molecule has 3 heterocycles. The molecule has 30 heavy (non-hydrogen) atoms. The minimum absolute atomic E-state index is 0.00412. The van der Waals surface area contributed by atoms with Crippen molar-refractivity contribution in [1.29, 1.82) is 0 Å². The number of hydrogen-bond donors (Lipinski definition) is 2. The summed E-state index contributed by atoms with van der Waals surface area (Å²) in [4.78, 5) is 30.2. The highest BCUT2D eigenvalue weighted by Crippen LogP contribution is 2.33. The number of likely N-dealkylation sites (tertiary alicyclic amines) is 1. The maximum atomic E-state index is 12.8. The number of rotatable bonds is 6. The summed E-state index contributed by atoms with van der Waals surface area (Å²) < 4.78 is 10.8. The average Bonchev–Trinajstić information content (AvgIpc) is 3.47. The number of aromatic amines is 1. The second-order valence-electron chi connectivity index (χ2n) is 7.66. The van der Waals surface area contributed by atoms with Gasteiger partial charge in [-0.25, -0.2) is 0 Å². The molecule has 2 N–H and O–H groups in total. The minimum Gasteiger partial charge on any atom is -0.454 e. The second-order valence-corrected chi connectivity index (χ2v) is 7.66. The molecule has 1 aromatic heterocycles. The highest BCUT2D eigenvalue weighted by atomic mass is 16.7. The zero-order valence-corrected chi connectivity index (χ0v) is 16.5. The topological polar surface area (TPSA) is 83.7 Å². The van der Waals surface area contributed by atoms with Crippen molar-refractivity contribution >= 4 is 22.7 Å². The number of carbonyl (C=O) groups excluding carboxylic acids is 2. The fourth-order valence-electron chi connectivity index (χ4n) is 4.22. The monoisotopic (exact) mass is 405 g/mol. The third kappa shape index (κ3) is 3.47. The SMILES string of the molecule is O=C(NCCc1c[nH]c2ccccc12)C1CCC(=O)N1Cc1ccc2c(c1)OCO2. The predicted molar refractivity (Wildman–Crippen MR) is 111 cm³/mol. The quantitative estimate of drug-likeness (QED) is 0.661. The zero-order valence-electron chi connectivity index (χ0n) is 16.5. The third-order valence-corrected chi connectivity index (χ3v) is 5.79. The molecule has 0 radical (unpaired) electrons. The van der Waals surface area contributed by atoms with Gasteiger partial charge < -0.3 is 24.7 Å². The van der Waals surface area contributed by atoms with Crippen LogP contribution < -0.4 is 14.8 Å². The van der Waals surface area contributed by atoms with Crippen molar-refractivity contribution in [3.63, 3.8) is 0 Å². The van der Waals surface area contributed by atoms with E-state index < -0.39 is 6.04 Å². The van der Waals surface area contributed by atoms with E-state index in [2.05, 4.69) is 16.4 Å². The molecule has 0 aliphatic carbocycles. The van der Waals surface area contributed by atoms with Gasteiger partial charge in [-0.15, -0.1) is 0 Å². The van der Waals surface area contributed by atoms with Crippen LogP contribution in [0.15, 0.2) is 48.7 Å². The molecule has 1 atom stereocenters. The van der Waals surface area contributed by atoms with Gasteiger partial charge in [0.25, 0.3) is 0 Å². The largest absolute Gasteiger partial charge is 0.454 e. The average molecular weight is 405 g/mol. The van der Waals surface area contributed by atoms with Gasteiger partial charge in [-0.2, -0.15) is 0 Å². The summed E-state index contributed by atoms with van der Waals surface area (Å²) >= 11 is 0. The van der Waals surface area contributed by atoms with E-state index in [1.165, 1.54) is 10.9 Å². The van der Waals surface area contributed by atoms with Crippen molar-refractivity contribution in [3.05, 3.63) is 59.8 Å². The van der Waals surface area contributed by atoms with Gasteiger partial charge in [-0.1, -0.05) is 24.3 Å². The molecule has 3 aromatic rings. The van der Waals surface area contributed by atoms with Crippen LogP contribution in [0.5, 0.6) is 11.5 Å². The maximum Gasteiger partial charge on any atom is 0.242 e. The molecule has 154 valence electrons. The number of nitrogens with zero attached hydrogens (tertiary/aromatic N) is 1. The normalized spacial score (nSPS) is 17.7. The Kier molecular flexibility index (Phi) is 4.78. The standard InChI is InChI=1S/C23H23N3O4/c27-22-8-6-19(26(22)13-15-5-7-20-21(11-15)30-14-29-20)23(28)24-10-9-16-12-25-18-4-2-1-3-17(16)18/h1-5,7,11-12,19,25H,6,8-10,13-14H2,(H,24,28). The van der Waals surface area contributed by atoms with E-state index in [0.29, 0.717) is 37.4 Å². The van der Waals surface area contributed by atoms with Crippen LogP contribution in [0.25, 0.3) is 10.9 Å².